The first kappa shape index (κ1) is 17.9. The van der Waals surface area contributed by atoms with Gasteiger partial charge in [0.15, 0.2) is 0 Å². The Kier molecular flexibility index (Phi) is 6.34. The minimum Gasteiger partial charge on any atom is -0.480 e. The molecule has 1 aromatic heterocycles. The summed E-state index contributed by atoms with van der Waals surface area (Å²) in [5.74, 6) is -1.64. The Balaban J connectivity index is 3.10. The number of carbonyl (C=O) groups is 2. The molecule has 2 N–H and O–H groups in total. The van der Waals surface area contributed by atoms with Gasteiger partial charge in [-0.3, -0.25) is 9.59 Å². The van der Waals surface area contributed by atoms with E-state index in [9.17, 15) is 14.4 Å². The van der Waals surface area contributed by atoms with Gasteiger partial charge in [0.05, 0.1) is 0 Å². The van der Waals surface area contributed by atoms with Crippen molar-refractivity contribution in [2.45, 2.75) is 52.6 Å². The van der Waals surface area contributed by atoms with Gasteiger partial charge in [0.1, 0.15) is 12.1 Å². The Labute approximate surface area is 130 Å². The predicted octanol–water partition coefficient (Wildman–Crippen LogP) is 1.72. The maximum Gasteiger partial charge on any atom is 0.326 e. The van der Waals surface area contributed by atoms with E-state index in [1.807, 2.05) is 20.8 Å². The van der Waals surface area contributed by atoms with Gasteiger partial charge < -0.3 is 15.0 Å². The molecule has 6 nitrogen and oxygen atoms in total. The van der Waals surface area contributed by atoms with E-state index in [2.05, 4.69) is 5.32 Å². The Hall–Kier alpha value is -2.11. The fourth-order valence-electron chi connectivity index (χ4n) is 2.40. The zero-order valence-electron chi connectivity index (χ0n) is 13.5. The third-order valence-electron chi connectivity index (χ3n) is 3.56. The van der Waals surface area contributed by atoms with E-state index in [4.69, 9.17) is 5.11 Å². The maximum absolute atomic E-state index is 12.5. The molecule has 0 fully saturated rings. The molecule has 0 bridgehead atoms. The molecule has 1 heterocycles. The van der Waals surface area contributed by atoms with Gasteiger partial charge in [0, 0.05) is 11.8 Å². The van der Waals surface area contributed by atoms with Crippen LogP contribution in [-0.2, 0) is 9.59 Å². The zero-order valence-corrected chi connectivity index (χ0v) is 13.5. The second-order valence-electron chi connectivity index (χ2n) is 5.78. The van der Waals surface area contributed by atoms with E-state index >= 15 is 0 Å². The van der Waals surface area contributed by atoms with Crippen molar-refractivity contribution in [3.05, 3.63) is 34.2 Å². The Morgan fingerprint density at radius 3 is 2.50 bits per heavy atom. The third-order valence-corrected chi connectivity index (χ3v) is 3.56. The van der Waals surface area contributed by atoms with Crippen LogP contribution < -0.4 is 10.9 Å². The monoisotopic (exact) mass is 308 g/mol. The van der Waals surface area contributed by atoms with Crippen LogP contribution in [0.5, 0.6) is 0 Å². The number of carbonyl (C=O) groups excluding carboxylic acids is 1. The van der Waals surface area contributed by atoms with E-state index in [-0.39, 0.29) is 11.5 Å². The van der Waals surface area contributed by atoms with Crippen LogP contribution in [0, 0.1) is 12.8 Å². The van der Waals surface area contributed by atoms with Gasteiger partial charge >= 0.3 is 5.97 Å². The fourth-order valence-corrected chi connectivity index (χ4v) is 2.40. The highest BCUT2D eigenvalue weighted by molar-refractivity contribution is 5.86. The van der Waals surface area contributed by atoms with E-state index in [1.54, 1.807) is 25.3 Å². The average molecular weight is 308 g/mol. The normalized spacial score (nSPS) is 13.7. The van der Waals surface area contributed by atoms with Gasteiger partial charge in [-0.05, 0) is 25.3 Å². The number of aromatic nitrogens is 1. The van der Waals surface area contributed by atoms with E-state index in [1.165, 1.54) is 4.57 Å². The Morgan fingerprint density at radius 1 is 1.36 bits per heavy atom. The highest BCUT2D eigenvalue weighted by Crippen LogP contribution is 2.17. The third kappa shape index (κ3) is 4.19. The van der Waals surface area contributed by atoms with Gasteiger partial charge in [-0.25, -0.2) is 4.79 Å². The van der Waals surface area contributed by atoms with Gasteiger partial charge in [0.25, 0.3) is 5.56 Å². The van der Waals surface area contributed by atoms with Gasteiger partial charge in [-0.1, -0.05) is 33.3 Å². The minimum atomic E-state index is -1.06. The van der Waals surface area contributed by atoms with E-state index in [0.717, 1.165) is 0 Å². The topological polar surface area (TPSA) is 88.4 Å². The van der Waals surface area contributed by atoms with Crippen molar-refractivity contribution in [1.82, 2.24) is 9.88 Å². The maximum atomic E-state index is 12.5. The highest BCUT2D eigenvalue weighted by atomic mass is 16.4. The SMILES string of the molecule is CCCC(NC(=O)C(C(C)C)n1cccc(C)c1=O)C(=O)O. The van der Waals surface area contributed by atoms with Crippen LogP contribution in [-0.4, -0.2) is 27.6 Å². The van der Waals surface area contributed by atoms with Crippen LogP contribution in [0.1, 0.15) is 45.2 Å². The molecule has 0 saturated heterocycles. The molecule has 1 rings (SSSR count). The summed E-state index contributed by atoms with van der Waals surface area (Å²) in [5.41, 5.74) is 0.308. The summed E-state index contributed by atoms with van der Waals surface area (Å²) < 4.78 is 1.38. The van der Waals surface area contributed by atoms with E-state index < -0.39 is 24.0 Å². The summed E-state index contributed by atoms with van der Waals surface area (Å²) in [5, 5.41) is 11.7. The number of nitrogens with one attached hydrogen (secondary N) is 1. The molecular formula is C16H24N2O4. The number of nitrogens with zero attached hydrogens (tertiary/aromatic N) is 1. The lowest BCUT2D eigenvalue weighted by Crippen LogP contribution is -2.47. The number of carboxylic acids is 1. The van der Waals surface area contributed by atoms with Crippen LogP contribution in [0.4, 0.5) is 0 Å². The van der Waals surface area contributed by atoms with Crippen molar-refractivity contribution in [3.8, 4) is 0 Å². The molecule has 6 heteroatoms. The molecule has 0 aliphatic heterocycles. The van der Waals surface area contributed by atoms with Crippen molar-refractivity contribution in [2.75, 3.05) is 0 Å². The minimum absolute atomic E-state index is 0.143. The molecule has 0 radical (unpaired) electrons. The summed E-state index contributed by atoms with van der Waals surface area (Å²) in [6, 6.07) is 1.73. The number of aliphatic carboxylic acids is 1. The molecule has 0 aromatic carbocycles. The van der Waals surface area contributed by atoms with Crippen molar-refractivity contribution in [2.24, 2.45) is 5.92 Å². The first-order valence-electron chi connectivity index (χ1n) is 7.50. The molecule has 0 aliphatic rings. The number of carboxylic acid groups (broad SMARTS) is 1. The zero-order chi connectivity index (χ0) is 16.9. The first-order valence-corrected chi connectivity index (χ1v) is 7.50. The number of hydrogen-bond acceptors (Lipinski definition) is 3. The highest BCUT2D eigenvalue weighted by Gasteiger charge is 2.28. The summed E-state index contributed by atoms with van der Waals surface area (Å²) >= 11 is 0. The van der Waals surface area contributed by atoms with Crippen molar-refractivity contribution in [3.63, 3.8) is 0 Å². The summed E-state index contributed by atoms with van der Waals surface area (Å²) in [6.07, 6.45) is 2.57. The summed E-state index contributed by atoms with van der Waals surface area (Å²) in [7, 11) is 0. The second kappa shape index (κ2) is 7.77. The summed E-state index contributed by atoms with van der Waals surface area (Å²) in [6.45, 7) is 7.20. The van der Waals surface area contributed by atoms with Crippen LogP contribution in [0.3, 0.4) is 0 Å². The quantitative estimate of drug-likeness (QED) is 0.803. The summed E-state index contributed by atoms with van der Waals surface area (Å²) in [4.78, 5) is 35.9. The van der Waals surface area contributed by atoms with Crippen molar-refractivity contribution < 1.29 is 14.7 Å². The standard InChI is InChI=1S/C16H24N2O4/c1-5-7-12(16(21)22)17-14(19)13(10(2)3)18-9-6-8-11(4)15(18)20/h6,8-10,12-13H,5,7H2,1-4H3,(H,17,19)(H,21,22). The fraction of sp³-hybridized carbons (Fsp3) is 0.562. The smallest absolute Gasteiger partial charge is 0.326 e. The Bertz CT molecular complexity index is 592. The lowest BCUT2D eigenvalue weighted by molar-refractivity contribution is -0.142. The molecule has 0 aliphatic carbocycles. The Morgan fingerprint density at radius 2 is 2.00 bits per heavy atom. The second-order valence-corrected chi connectivity index (χ2v) is 5.78. The number of rotatable bonds is 7. The molecule has 0 spiro atoms. The van der Waals surface area contributed by atoms with Gasteiger partial charge in [0.2, 0.25) is 5.91 Å². The van der Waals surface area contributed by atoms with Crippen molar-refractivity contribution >= 4 is 11.9 Å². The van der Waals surface area contributed by atoms with Crippen molar-refractivity contribution in [1.29, 1.82) is 0 Å². The molecular weight excluding hydrogens is 284 g/mol. The number of pyridine rings is 1. The van der Waals surface area contributed by atoms with Gasteiger partial charge in [-0.2, -0.15) is 0 Å². The number of hydrogen-bond donors (Lipinski definition) is 2. The van der Waals surface area contributed by atoms with E-state index in [0.29, 0.717) is 18.4 Å². The molecule has 122 valence electrons. The average Bonchev–Trinajstić information content (AvgIpc) is 2.42. The van der Waals surface area contributed by atoms with Crippen LogP contribution in [0.25, 0.3) is 0 Å². The van der Waals surface area contributed by atoms with Crippen LogP contribution in [0.15, 0.2) is 23.1 Å². The molecule has 1 aromatic rings. The molecule has 0 saturated carbocycles. The molecule has 2 unspecified atom stereocenters. The number of amides is 1. The molecule has 2 atom stereocenters. The van der Waals surface area contributed by atoms with Crippen LogP contribution >= 0.6 is 0 Å². The molecule has 22 heavy (non-hydrogen) atoms. The molecule has 1 amide bonds. The number of aryl methyl sites for hydroxylation is 1. The van der Waals surface area contributed by atoms with Gasteiger partial charge in [-0.15, -0.1) is 0 Å². The first-order chi connectivity index (χ1) is 10.3. The lowest BCUT2D eigenvalue weighted by atomic mass is 10.0. The largest absolute Gasteiger partial charge is 0.480 e. The predicted molar refractivity (Wildman–Crippen MR) is 83.8 cm³/mol. The lowest BCUT2D eigenvalue weighted by Gasteiger charge is -2.25. The van der Waals surface area contributed by atoms with Crippen LogP contribution in [0.2, 0.25) is 0 Å².